The summed E-state index contributed by atoms with van der Waals surface area (Å²) in [7, 11) is 1.82. The molecule has 0 fully saturated rings. The molecule has 0 aliphatic heterocycles. The maximum absolute atomic E-state index is 12.3. The summed E-state index contributed by atoms with van der Waals surface area (Å²) in [4.78, 5) is 14.0. The summed E-state index contributed by atoms with van der Waals surface area (Å²) < 4.78 is 0.778. The quantitative estimate of drug-likeness (QED) is 0.636. The van der Waals surface area contributed by atoms with Gasteiger partial charge in [-0.05, 0) is 17.7 Å². The summed E-state index contributed by atoms with van der Waals surface area (Å²) in [6, 6.07) is 19.8. The highest BCUT2D eigenvalue weighted by atomic mass is 32.2. The van der Waals surface area contributed by atoms with Gasteiger partial charge in [0.1, 0.15) is 0 Å². The van der Waals surface area contributed by atoms with Crippen molar-refractivity contribution >= 4 is 39.8 Å². The fourth-order valence-electron chi connectivity index (χ4n) is 2.14. The zero-order valence-corrected chi connectivity index (χ0v) is 15.4. The largest absolute Gasteiger partial charge is 0.341 e. The van der Waals surface area contributed by atoms with E-state index in [0.717, 1.165) is 20.7 Å². The topological polar surface area (TPSA) is 58.1 Å². The van der Waals surface area contributed by atoms with Gasteiger partial charge in [-0.3, -0.25) is 4.79 Å². The second kappa shape index (κ2) is 8.64. The molecular weight excluding hydrogens is 352 g/mol. The fourth-order valence-corrected chi connectivity index (χ4v) is 3.86. The third kappa shape index (κ3) is 5.30. The molecule has 1 N–H and O–H groups in total. The Kier molecular flexibility index (Phi) is 6.03. The van der Waals surface area contributed by atoms with Gasteiger partial charge in [-0.25, -0.2) is 0 Å². The second-order valence-corrected chi connectivity index (χ2v) is 7.59. The van der Waals surface area contributed by atoms with Gasteiger partial charge in [-0.15, -0.1) is 10.2 Å². The van der Waals surface area contributed by atoms with Crippen LogP contribution in [0.4, 0.5) is 10.8 Å². The maximum Gasteiger partial charge on any atom is 0.233 e. The Bertz CT molecular complexity index is 808. The Labute approximate surface area is 155 Å². The van der Waals surface area contributed by atoms with Crippen LogP contribution in [0.1, 0.15) is 5.56 Å². The lowest BCUT2D eigenvalue weighted by atomic mass is 10.2. The Morgan fingerprint density at radius 2 is 1.76 bits per heavy atom. The molecule has 3 aromatic rings. The van der Waals surface area contributed by atoms with E-state index in [-0.39, 0.29) is 5.91 Å². The number of anilines is 2. The number of nitrogens with zero attached hydrogens (tertiary/aromatic N) is 3. The lowest BCUT2D eigenvalue weighted by Gasteiger charge is -2.16. The Morgan fingerprint density at radius 1 is 1.08 bits per heavy atom. The van der Waals surface area contributed by atoms with Gasteiger partial charge in [0.2, 0.25) is 11.0 Å². The van der Waals surface area contributed by atoms with Crippen molar-refractivity contribution < 1.29 is 4.79 Å². The number of aromatic nitrogens is 2. The van der Waals surface area contributed by atoms with Crippen LogP contribution in [0.3, 0.4) is 0 Å². The monoisotopic (exact) mass is 370 g/mol. The Hall–Kier alpha value is -2.38. The number of hydrogen-bond donors (Lipinski definition) is 1. The smallest absolute Gasteiger partial charge is 0.233 e. The highest BCUT2D eigenvalue weighted by Crippen LogP contribution is 2.27. The summed E-state index contributed by atoms with van der Waals surface area (Å²) in [6.07, 6.45) is 0. The SMILES string of the molecule is CN(Cc1ccccc1)C(=O)CSc1nnc(Nc2ccccc2)s1. The van der Waals surface area contributed by atoms with E-state index in [2.05, 4.69) is 15.5 Å². The summed E-state index contributed by atoms with van der Waals surface area (Å²) >= 11 is 2.86. The van der Waals surface area contributed by atoms with Gasteiger partial charge in [0.15, 0.2) is 4.34 Å². The molecule has 0 bridgehead atoms. The fraction of sp³-hybridized carbons (Fsp3) is 0.167. The minimum atomic E-state index is 0.0709. The summed E-state index contributed by atoms with van der Waals surface area (Å²) in [5, 5.41) is 12.2. The molecule has 0 radical (unpaired) electrons. The Balaban J connectivity index is 1.49. The summed E-state index contributed by atoms with van der Waals surface area (Å²) in [6.45, 7) is 0.608. The number of hydrogen-bond acceptors (Lipinski definition) is 6. The van der Waals surface area contributed by atoms with Crippen molar-refractivity contribution in [3.8, 4) is 0 Å². The molecular formula is C18H18N4OS2. The van der Waals surface area contributed by atoms with Gasteiger partial charge in [0.05, 0.1) is 5.75 Å². The number of rotatable bonds is 7. The third-order valence-corrected chi connectivity index (χ3v) is 5.40. The average Bonchev–Trinajstić information content (AvgIpc) is 3.08. The maximum atomic E-state index is 12.3. The first kappa shape index (κ1) is 17.4. The first-order valence-electron chi connectivity index (χ1n) is 7.77. The lowest BCUT2D eigenvalue weighted by Crippen LogP contribution is -2.27. The van der Waals surface area contributed by atoms with Crippen molar-refractivity contribution in [1.82, 2.24) is 15.1 Å². The minimum Gasteiger partial charge on any atom is -0.341 e. The zero-order valence-electron chi connectivity index (χ0n) is 13.8. The van der Waals surface area contributed by atoms with Gasteiger partial charge in [0, 0.05) is 19.3 Å². The third-order valence-electron chi connectivity index (χ3n) is 3.44. The molecule has 3 rings (SSSR count). The van der Waals surface area contributed by atoms with E-state index in [1.807, 2.05) is 67.7 Å². The molecule has 0 atom stereocenters. The molecule has 1 amide bonds. The normalized spacial score (nSPS) is 10.4. The second-order valence-electron chi connectivity index (χ2n) is 5.39. The molecule has 25 heavy (non-hydrogen) atoms. The summed E-state index contributed by atoms with van der Waals surface area (Å²) in [5.41, 5.74) is 2.09. The van der Waals surface area contributed by atoms with Crippen molar-refractivity contribution in [1.29, 1.82) is 0 Å². The van der Waals surface area contributed by atoms with Gasteiger partial charge >= 0.3 is 0 Å². The van der Waals surface area contributed by atoms with Crippen LogP contribution in [-0.4, -0.2) is 33.8 Å². The van der Waals surface area contributed by atoms with Crippen molar-refractivity contribution in [2.75, 3.05) is 18.1 Å². The molecule has 0 unspecified atom stereocenters. The van der Waals surface area contributed by atoms with Crippen molar-refractivity contribution in [3.05, 3.63) is 66.2 Å². The predicted octanol–water partition coefficient (Wildman–Crippen LogP) is 4.03. The van der Waals surface area contributed by atoms with Crippen LogP contribution in [0, 0.1) is 0 Å². The van der Waals surface area contributed by atoms with Gasteiger partial charge < -0.3 is 10.2 Å². The number of carbonyl (C=O) groups is 1. The molecule has 7 heteroatoms. The van der Waals surface area contributed by atoms with E-state index in [4.69, 9.17) is 0 Å². The van der Waals surface area contributed by atoms with Crippen LogP contribution in [0.15, 0.2) is 65.0 Å². The number of thioether (sulfide) groups is 1. The number of carbonyl (C=O) groups excluding carboxylic acids is 1. The molecule has 0 aliphatic rings. The van der Waals surface area contributed by atoms with Gasteiger partial charge in [-0.2, -0.15) is 0 Å². The van der Waals surface area contributed by atoms with Gasteiger partial charge in [0.25, 0.3) is 0 Å². The van der Waals surface area contributed by atoms with E-state index < -0.39 is 0 Å². The number of amides is 1. The molecule has 0 saturated carbocycles. The van der Waals surface area contributed by atoms with Crippen LogP contribution < -0.4 is 5.32 Å². The molecule has 2 aromatic carbocycles. The zero-order chi connectivity index (χ0) is 17.5. The van der Waals surface area contributed by atoms with Crippen LogP contribution in [-0.2, 0) is 11.3 Å². The van der Waals surface area contributed by atoms with Crippen LogP contribution >= 0.6 is 23.1 Å². The summed E-state index contributed by atoms with van der Waals surface area (Å²) in [5.74, 6) is 0.421. The first-order valence-corrected chi connectivity index (χ1v) is 9.57. The van der Waals surface area contributed by atoms with E-state index in [1.54, 1.807) is 4.90 Å². The number of benzene rings is 2. The van der Waals surface area contributed by atoms with Crippen molar-refractivity contribution in [2.45, 2.75) is 10.9 Å². The molecule has 1 heterocycles. The molecule has 0 aliphatic carbocycles. The van der Waals surface area contributed by atoms with E-state index >= 15 is 0 Å². The predicted molar refractivity (Wildman–Crippen MR) is 103 cm³/mol. The lowest BCUT2D eigenvalue weighted by molar-refractivity contribution is -0.127. The number of nitrogens with one attached hydrogen (secondary N) is 1. The van der Waals surface area contributed by atoms with E-state index in [1.165, 1.54) is 23.1 Å². The van der Waals surface area contributed by atoms with Crippen molar-refractivity contribution in [2.24, 2.45) is 0 Å². The van der Waals surface area contributed by atoms with E-state index in [9.17, 15) is 4.79 Å². The standard InChI is InChI=1S/C18H18N4OS2/c1-22(12-14-8-4-2-5-9-14)16(23)13-24-18-21-20-17(25-18)19-15-10-6-3-7-11-15/h2-11H,12-13H2,1H3,(H,19,20). The molecule has 128 valence electrons. The van der Waals surface area contributed by atoms with Crippen molar-refractivity contribution in [3.63, 3.8) is 0 Å². The van der Waals surface area contributed by atoms with E-state index in [0.29, 0.717) is 12.3 Å². The van der Waals surface area contributed by atoms with Gasteiger partial charge in [-0.1, -0.05) is 71.6 Å². The highest BCUT2D eigenvalue weighted by molar-refractivity contribution is 8.01. The highest BCUT2D eigenvalue weighted by Gasteiger charge is 2.12. The Morgan fingerprint density at radius 3 is 2.48 bits per heavy atom. The first-order chi connectivity index (χ1) is 12.2. The number of para-hydroxylation sites is 1. The van der Waals surface area contributed by atoms with Crippen LogP contribution in [0.25, 0.3) is 0 Å². The van der Waals surface area contributed by atoms with Crippen LogP contribution in [0.5, 0.6) is 0 Å². The minimum absolute atomic E-state index is 0.0709. The molecule has 5 nitrogen and oxygen atoms in total. The molecule has 0 saturated heterocycles. The molecule has 1 aromatic heterocycles. The van der Waals surface area contributed by atoms with Crippen LogP contribution in [0.2, 0.25) is 0 Å². The molecule has 0 spiro atoms. The average molecular weight is 371 g/mol.